The number of carbonyl (C=O) groups is 1. The van der Waals surface area contributed by atoms with Crippen LogP contribution in [0.3, 0.4) is 0 Å². The standard InChI is InChI=1S/C25H22N2OSe/c28-23(20-14-13-17-7-4-5-10-19(17)15-20)16-22(18-8-2-1-3-9-18)21-11-6-12-24-25(21)26-27-29-24/h1-5,7-10,13-15,21-22H,6,11-12,16H2/t21-,22-/m0/s1. The zero-order valence-electron chi connectivity index (χ0n) is 16.1. The molecule has 0 unspecified atom stereocenters. The molecular weight excluding hydrogens is 423 g/mol. The fraction of sp³-hybridized carbons (Fsp3) is 0.240. The summed E-state index contributed by atoms with van der Waals surface area (Å²) in [5.41, 5.74) is 3.21. The number of Topliss-reactive ketones (excluding diaryl/α,β-unsaturated/α-hetero) is 1. The predicted octanol–water partition coefficient (Wildman–Crippen LogP) is 5.16. The molecular formula is C25H22N2OSe. The van der Waals surface area contributed by atoms with Gasteiger partial charge in [0.2, 0.25) is 0 Å². The Morgan fingerprint density at radius 2 is 1.79 bits per heavy atom. The molecule has 2 atom stereocenters. The van der Waals surface area contributed by atoms with Crippen LogP contribution in [0.2, 0.25) is 0 Å². The van der Waals surface area contributed by atoms with Crippen LogP contribution in [-0.2, 0) is 6.42 Å². The van der Waals surface area contributed by atoms with Gasteiger partial charge >= 0.3 is 177 Å². The molecule has 4 aromatic rings. The maximum atomic E-state index is 13.3. The molecule has 1 heterocycles. The third-order valence-corrected chi connectivity index (χ3v) is 7.72. The van der Waals surface area contributed by atoms with Gasteiger partial charge in [-0.1, -0.05) is 0 Å². The van der Waals surface area contributed by atoms with Gasteiger partial charge in [0.05, 0.1) is 0 Å². The molecule has 1 aliphatic carbocycles. The van der Waals surface area contributed by atoms with Crippen molar-refractivity contribution in [2.24, 2.45) is 0 Å². The Bertz CT molecular complexity index is 1150. The molecule has 0 fully saturated rings. The number of hydrogen-bond donors (Lipinski definition) is 0. The fourth-order valence-corrected chi connectivity index (χ4v) is 6.13. The van der Waals surface area contributed by atoms with Crippen LogP contribution in [0.25, 0.3) is 10.8 Å². The molecule has 1 aromatic heterocycles. The van der Waals surface area contributed by atoms with Gasteiger partial charge in [-0.3, -0.25) is 0 Å². The van der Waals surface area contributed by atoms with Crippen molar-refractivity contribution >= 4 is 31.3 Å². The second-order valence-corrected chi connectivity index (χ2v) is 9.55. The second-order valence-electron chi connectivity index (χ2n) is 7.79. The average Bonchev–Trinajstić information content (AvgIpc) is 3.27. The predicted molar refractivity (Wildman–Crippen MR) is 117 cm³/mol. The van der Waals surface area contributed by atoms with Crippen LogP contribution in [0.1, 0.15) is 57.2 Å². The van der Waals surface area contributed by atoms with E-state index in [1.54, 1.807) is 0 Å². The molecule has 3 nitrogen and oxygen atoms in total. The van der Waals surface area contributed by atoms with E-state index in [-0.39, 0.29) is 26.4 Å². The van der Waals surface area contributed by atoms with E-state index in [1.165, 1.54) is 27.5 Å². The first-order valence-corrected chi connectivity index (χ1v) is 11.8. The van der Waals surface area contributed by atoms with Crippen molar-refractivity contribution < 1.29 is 4.79 Å². The first kappa shape index (κ1) is 18.5. The number of ketones is 1. The van der Waals surface area contributed by atoms with Gasteiger partial charge in [0.25, 0.3) is 0 Å². The van der Waals surface area contributed by atoms with Crippen LogP contribution >= 0.6 is 0 Å². The maximum absolute atomic E-state index is 13.3. The molecule has 0 saturated heterocycles. The van der Waals surface area contributed by atoms with Crippen LogP contribution in [0, 0.1) is 0 Å². The number of nitrogens with zero attached hydrogens (tertiary/aromatic N) is 2. The van der Waals surface area contributed by atoms with Gasteiger partial charge in [-0.05, 0) is 0 Å². The minimum atomic E-state index is 0.147. The quantitative estimate of drug-likeness (QED) is 0.315. The Morgan fingerprint density at radius 3 is 2.66 bits per heavy atom. The molecule has 5 rings (SSSR count). The summed E-state index contributed by atoms with van der Waals surface area (Å²) in [4.78, 5) is 13.3. The van der Waals surface area contributed by atoms with Crippen molar-refractivity contribution in [1.82, 2.24) is 9.19 Å². The van der Waals surface area contributed by atoms with Gasteiger partial charge in [0.1, 0.15) is 0 Å². The van der Waals surface area contributed by atoms with Crippen molar-refractivity contribution in [3.8, 4) is 0 Å². The summed E-state index contributed by atoms with van der Waals surface area (Å²) in [6.45, 7) is 0. The van der Waals surface area contributed by atoms with Gasteiger partial charge in [0.15, 0.2) is 0 Å². The average molecular weight is 445 g/mol. The van der Waals surface area contributed by atoms with Crippen molar-refractivity contribution in [3.63, 3.8) is 0 Å². The van der Waals surface area contributed by atoms with Gasteiger partial charge in [-0.15, -0.1) is 0 Å². The van der Waals surface area contributed by atoms with Crippen LogP contribution < -0.4 is 0 Å². The minimum absolute atomic E-state index is 0.147. The number of carbonyl (C=O) groups excluding carboxylic acids is 1. The van der Waals surface area contributed by atoms with Gasteiger partial charge in [-0.25, -0.2) is 0 Å². The Morgan fingerprint density at radius 1 is 1.00 bits per heavy atom. The van der Waals surface area contributed by atoms with Crippen LogP contribution in [0.15, 0.2) is 72.8 Å². The van der Waals surface area contributed by atoms with Gasteiger partial charge in [-0.2, -0.15) is 0 Å². The molecule has 0 bridgehead atoms. The summed E-state index contributed by atoms with van der Waals surface area (Å²) in [7, 11) is 0. The molecule has 144 valence electrons. The van der Waals surface area contributed by atoms with Crippen LogP contribution in [0.4, 0.5) is 0 Å². The number of hydrogen-bond acceptors (Lipinski definition) is 3. The van der Waals surface area contributed by atoms with E-state index >= 15 is 0 Å². The van der Waals surface area contributed by atoms with Gasteiger partial charge in [0, 0.05) is 0 Å². The normalized spacial score (nSPS) is 17.0. The Kier molecular flexibility index (Phi) is 5.13. The molecule has 0 spiro atoms. The SMILES string of the molecule is O=C(C[C@@H](c1ccccc1)[C@@H]1CCCc2[se]nnc21)c1ccc2ccccc2c1. The first-order chi connectivity index (χ1) is 14.3. The second kappa shape index (κ2) is 8.06. The fourth-order valence-electron chi connectivity index (χ4n) is 4.55. The summed E-state index contributed by atoms with van der Waals surface area (Å²) in [5, 5.41) is 6.81. The Balaban J connectivity index is 1.49. The molecule has 4 heteroatoms. The Labute approximate surface area is 176 Å². The molecule has 0 N–H and O–H groups in total. The number of aryl methyl sites for hydroxylation is 1. The van der Waals surface area contributed by atoms with Crippen molar-refractivity contribution in [3.05, 3.63) is 94.1 Å². The number of aromatic nitrogens is 2. The van der Waals surface area contributed by atoms with E-state index in [0.29, 0.717) is 12.3 Å². The number of rotatable bonds is 5. The van der Waals surface area contributed by atoms with Crippen molar-refractivity contribution in [2.45, 2.75) is 37.5 Å². The van der Waals surface area contributed by atoms with E-state index in [2.05, 4.69) is 51.7 Å². The molecule has 0 radical (unpaired) electrons. The summed E-state index contributed by atoms with van der Waals surface area (Å²) < 4.78 is 5.79. The van der Waals surface area contributed by atoms with Crippen LogP contribution in [0.5, 0.6) is 0 Å². The molecule has 3 aromatic carbocycles. The number of fused-ring (bicyclic) bond motifs is 2. The van der Waals surface area contributed by atoms with Gasteiger partial charge < -0.3 is 0 Å². The summed E-state index contributed by atoms with van der Waals surface area (Å²) in [6.07, 6.45) is 3.88. The molecule has 29 heavy (non-hydrogen) atoms. The van der Waals surface area contributed by atoms with Crippen molar-refractivity contribution in [2.75, 3.05) is 0 Å². The van der Waals surface area contributed by atoms with E-state index in [9.17, 15) is 4.79 Å². The summed E-state index contributed by atoms with van der Waals surface area (Å²) in [5.74, 6) is 0.643. The van der Waals surface area contributed by atoms with Crippen molar-refractivity contribution in [1.29, 1.82) is 0 Å². The van der Waals surface area contributed by atoms with E-state index in [4.69, 9.17) is 0 Å². The number of benzene rings is 3. The summed E-state index contributed by atoms with van der Waals surface area (Å²) in [6, 6.07) is 24.7. The first-order valence-electron chi connectivity index (χ1n) is 10.2. The Hall–Kier alpha value is -2.55. The molecule has 0 amide bonds. The van der Waals surface area contributed by atoms with E-state index in [1.807, 2.05) is 30.3 Å². The van der Waals surface area contributed by atoms with Crippen LogP contribution in [-0.4, -0.2) is 29.7 Å². The third-order valence-electron chi connectivity index (χ3n) is 6.05. The van der Waals surface area contributed by atoms with E-state index in [0.717, 1.165) is 23.8 Å². The molecule has 1 aliphatic rings. The zero-order chi connectivity index (χ0) is 19.6. The molecule has 0 aliphatic heterocycles. The topological polar surface area (TPSA) is 42.9 Å². The third kappa shape index (κ3) is 3.71. The molecule has 0 saturated carbocycles. The zero-order valence-corrected chi connectivity index (χ0v) is 17.8. The monoisotopic (exact) mass is 446 g/mol. The summed E-state index contributed by atoms with van der Waals surface area (Å²) >= 11 is 0.164. The van der Waals surface area contributed by atoms with E-state index < -0.39 is 0 Å².